The summed E-state index contributed by atoms with van der Waals surface area (Å²) < 4.78 is 5.71. The lowest BCUT2D eigenvalue weighted by Gasteiger charge is -2.20. The quantitative estimate of drug-likeness (QED) is 0.591. The first-order valence-corrected chi connectivity index (χ1v) is 5.75. The Bertz CT molecular complexity index is 527. The number of aryl methyl sites for hydroxylation is 1. The highest BCUT2D eigenvalue weighted by Crippen LogP contribution is 2.34. The van der Waals surface area contributed by atoms with E-state index in [1.165, 1.54) is 6.08 Å². The monoisotopic (exact) mass is 248 g/mol. The first-order chi connectivity index (χ1) is 8.11. The van der Waals surface area contributed by atoms with E-state index in [2.05, 4.69) is 0 Å². The first-order valence-electron chi connectivity index (χ1n) is 5.38. The van der Waals surface area contributed by atoms with E-state index in [1.54, 1.807) is 0 Å². The van der Waals surface area contributed by atoms with Crippen LogP contribution in [-0.4, -0.2) is 12.9 Å². The summed E-state index contributed by atoms with van der Waals surface area (Å²) in [4.78, 5) is 10.4. The van der Waals surface area contributed by atoms with Crippen LogP contribution in [0.3, 0.4) is 0 Å². The van der Waals surface area contributed by atoms with E-state index in [0.717, 1.165) is 34.3 Å². The van der Waals surface area contributed by atoms with Crippen LogP contribution in [0.1, 0.15) is 18.1 Å². The highest BCUT2D eigenvalue weighted by molar-refractivity contribution is 6.30. The van der Waals surface area contributed by atoms with E-state index >= 15 is 0 Å². The largest absolute Gasteiger partial charge is 0.488 e. The molecule has 1 aromatic rings. The van der Waals surface area contributed by atoms with Crippen molar-refractivity contribution in [1.29, 1.82) is 0 Å². The molecular weight excluding hydrogens is 236 g/mol. The molecule has 1 aliphatic heterocycles. The van der Waals surface area contributed by atoms with Crippen LogP contribution in [0.5, 0.6) is 5.75 Å². The molecule has 88 valence electrons. The summed E-state index contributed by atoms with van der Waals surface area (Å²) in [6, 6.07) is 3.75. The molecular formula is C14H13ClO2. The van der Waals surface area contributed by atoms with Gasteiger partial charge in [-0.3, -0.25) is 4.79 Å². The molecule has 0 fully saturated rings. The van der Waals surface area contributed by atoms with Crippen molar-refractivity contribution >= 4 is 24.0 Å². The zero-order valence-electron chi connectivity index (χ0n) is 9.79. The molecule has 2 rings (SSSR count). The summed E-state index contributed by atoms with van der Waals surface area (Å²) in [6.45, 7) is 4.36. The Balaban J connectivity index is 2.47. The van der Waals surface area contributed by atoms with Gasteiger partial charge in [-0.15, -0.1) is 0 Å². The molecule has 3 heteroatoms. The fourth-order valence-corrected chi connectivity index (χ4v) is 2.16. The maximum atomic E-state index is 10.4. The van der Waals surface area contributed by atoms with Crippen molar-refractivity contribution in [3.05, 3.63) is 45.5 Å². The number of allylic oxidation sites excluding steroid dienone is 1. The summed E-state index contributed by atoms with van der Waals surface area (Å²) in [5, 5.41) is 0.694. The number of carbonyl (C=O) groups is 1. The van der Waals surface area contributed by atoms with Gasteiger partial charge >= 0.3 is 0 Å². The van der Waals surface area contributed by atoms with Crippen molar-refractivity contribution in [3.63, 3.8) is 0 Å². The highest BCUT2D eigenvalue weighted by atomic mass is 35.5. The maximum Gasteiger partial charge on any atom is 0.143 e. The Hall–Kier alpha value is -1.54. The third-order valence-corrected chi connectivity index (χ3v) is 3.01. The van der Waals surface area contributed by atoms with Gasteiger partial charge in [0.05, 0.1) is 0 Å². The van der Waals surface area contributed by atoms with Crippen molar-refractivity contribution in [2.75, 3.05) is 6.61 Å². The molecule has 0 aliphatic carbocycles. The zero-order chi connectivity index (χ0) is 12.4. The number of aldehydes is 1. The summed E-state index contributed by atoms with van der Waals surface area (Å²) in [6.07, 6.45) is 4.35. The first kappa shape index (κ1) is 11.9. The number of halogens is 1. The predicted molar refractivity (Wildman–Crippen MR) is 69.5 cm³/mol. The number of hydrogen-bond acceptors (Lipinski definition) is 2. The highest BCUT2D eigenvalue weighted by Gasteiger charge is 2.15. The minimum absolute atomic E-state index is 0.492. The van der Waals surface area contributed by atoms with Crippen molar-refractivity contribution in [1.82, 2.24) is 0 Å². The molecule has 0 aromatic heterocycles. The van der Waals surface area contributed by atoms with Gasteiger partial charge in [-0.25, -0.2) is 0 Å². The van der Waals surface area contributed by atoms with Crippen LogP contribution in [0.2, 0.25) is 5.02 Å². The summed E-state index contributed by atoms with van der Waals surface area (Å²) in [5.74, 6) is 0.872. The average Bonchev–Trinajstić information content (AvgIpc) is 2.28. The fourth-order valence-electron chi connectivity index (χ4n) is 1.88. The van der Waals surface area contributed by atoms with Crippen LogP contribution < -0.4 is 4.74 Å². The molecule has 1 heterocycles. The smallest absolute Gasteiger partial charge is 0.143 e. The summed E-state index contributed by atoms with van der Waals surface area (Å²) in [5.41, 5.74) is 3.92. The lowest BCUT2D eigenvalue weighted by molar-refractivity contribution is -0.104. The number of fused-ring (bicyclic) bond motifs is 1. The van der Waals surface area contributed by atoms with Gasteiger partial charge in [-0.2, -0.15) is 0 Å². The van der Waals surface area contributed by atoms with Gasteiger partial charge < -0.3 is 4.74 Å². The van der Waals surface area contributed by atoms with Crippen molar-refractivity contribution in [2.45, 2.75) is 13.8 Å². The molecule has 0 unspecified atom stereocenters. The molecule has 0 N–H and O–H groups in total. The molecule has 1 aromatic carbocycles. The van der Waals surface area contributed by atoms with Crippen LogP contribution in [0, 0.1) is 6.92 Å². The van der Waals surface area contributed by atoms with Gasteiger partial charge in [-0.05, 0) is 54.8 Å². The Kier molecular flexibility index (Phi) is 3.34. The van der Waals surface area contributed by atoms with Crippen LogP contribution >= 0.6 is 11.6 Å². The standard InChI is InChI=1S/C14H13ClO2/c1-9(3-4-16)12-6-11-7-13(15)5-10(2)14(11)17-8-12/h3-7H,8H2,1-2H3/b9-3-. The molecule has 0 amide bonds. The lowest BCUT2D eigenvalue weighted by atomic mass is 10.00. The summed E-state index contributed by atoms with van der Waals surface area (Å²) >= 11 is 6.01. The maximum absolute atomic E-state index is 10.4. The normalized spacial score (nSPS) is 14.8. The second-order valence-corrected chi connectivity index (χ2v) is 4.52. The minimum Gasteiger partial charge on any atom is -0.488 e. The van der Waals surface area contributed by atoms with Gasteiger partial charge in [0.25, 0.3) is 0 Å². The molecule has 0 atom stereocenters. The van der Waals surface area contributed by atoms with Gasteiger partial charge in [0.15, 0.2) is 0 Å². The van der Waals surface area contributed by atoms with E-state index < -0.39 is 0 Å². The van der Waals surface area contributed by atoms with Gasteiger partial charge in [0.2, 0.25) is 0 Å². The average molecular weight is 249 g/mol. The minimum atomic E-state index is 0.492. The van der Waals surface area contributed by atoms with E-state index in [9.17, 15) is 4.79 Å². The second kappa shape index (κ2) is 4.76. The van der Waals surface area contributed by atoms with E-state index in [1.807, 2.05) is 32.1 Å². The van der Waals surface area contributed by atoms with Crippen LogP contribution in [0.25, 0.3) is 6.08 Å². The predicted octanol–water partition coefficient (Wildman–Crippen LogP) is 3.57. The number of hydrogen-bond donors (Lipinski definition) is 0. The van der Waals surface area contributed by atoms with Gasteiger partial charge in [0, 0.05) is 10.6 Å². The number of benzene rings is 1. The van der Waals surface area contributed by atoms with Crippen LogP contribution in [0.15, 0.2) is 29.4 Å². The Morgan fingerprint density at radius 1 is 1.47 bits per heavy atom. The molecule has 0 spiro atoms. The molecule has 17 heavy (non-hydrogen) atoms. The van der Waals surface area contributed by atoms with Crippen LogP contribution in [-0.2, 0) is 4.79 Å². The Labute approximate surface area is 106 Å². The third-order valence-electron chi connectivity index (χ3n) is 2.79. The van der Waals surface area contributed by atoms with Crippen LogP contribution in [0.4, 0.5) is 0 Å². The topological polar surface area (TPSA) is 26.3 Å². The number of ether oxygens (including phenoxy) is 1. The van der Waals surface area contributed by atoms with Crippen molar-refractivity contribution < 1.29 is 9.53 Å². The van der Waals surface area contributed by atoms with E-state index in [-0.39, 0.29) is 0 Å². The number of carbonyl (C=O) groups excluding carboxylic acids is 1. The molecule has 0 saturated heterocycles. The molecule has 0 saturated carbocycles. The Morgan fingerprint density at radius 2 is 2.24 bits per heavy atom. The Morgan fingerprint density at radius 3 is 2.94 bits per heavy atom. The van der Waals surface area contributed by atoms with Gasteiger partial charge in [-0.1, -0.05) is 11.6 Å². The SMILES string of the molecule is C/C(=C/C=O)C1=Cc2cc(Cl)cc(C)c2OC1. The van der Waals surface area contributed by atoms with Crippen molar-refractivity contribution in [3.8, 4) is 5.75 Å². The second-order valence-electron chi connectivity index (χ2n) is 4.09. The van der Waals surface area contributed by atoms with Gasteiger partial charge in [0.1, 0.15) is 18.6 Å². The third kappa shape index (κ3) is 2.42. The molecule has 0 radical (unpaired) electrons. The molecule has 2 nitrogen and oxygen atoms in total. The van der Waals surface area contributed by atoms with Crippen molar-refractivity contribution in [2.24, 2.45) is 0 Å². The lowest BCUT2D eigenvalue weighted by Crippen LogP contribution is -2.09. The summed E-state index contributed by atoms with van der Waals surface area (Å²) in [7, 11) is 0. The van der Waals surface area contributed by atoms with E-state index in [4.69, 9.17) is 16.3 Å². The number of rotatable bonds is 2. The fraction of sp³-hybridized carbons (Fsp3) is 0.214. The molecule has 1 aliphatic rings. The zero-order valence-corrected chi connectivity index (χ0v) is 10.5. The van der Waals surface area contributed by atoms with E-state index in [0.29, 0.717) is 11.6 Å². The molecule has 0 bridgehead atoms.